The van der Waals surface area contributed by atoms with Crippen molar-refractivity contribution in [2.24, 2.45) is 5.92 Å². The van der Waals surface area contributed by atoms with Gasteiger partial charge in [-0.1, -0.05) is 19.8 Å². The molecule has 0 saturated carbocycles. The topological polar surface area (TPSA) is 41.5 Å². The Hall–Kier alpha value is -0.120. The molecule has 0 aliphatic heterocycles. The number of unbranched alkanes of at least 4 members (excludes halogenated alkanes) is 1. The molecular formula is C9H21NO2. The number of nitrogens with one attached hydrogen (secondary N) is 1. The maximum atomic E-state index is 8.35. The lowest BCUT2D eigenvalue weighted by molar-refractivity contribution is 0.158. The first-order valence-electron chi connectivity index (χ1n) is 4.67. The molecule has 12 heavy (non-hydrogen) atoms. The second-order valence-electron chi connectivity index (χ2n) is 3.29. The lowest BCUT2D eigenvalue weighted by Crippen LogP contribution is -2.12. The van der Waals surface area contributed by atoms with E-state index in [1.807, 2.05) is 0 Å². The van der Waals surface area contributed by atoms with Crippen molar-refractivity contribution in [3.8, 4) is 0 Å². The van der Waals surface area contributed by atoms with Crippen LogP contribution in [0.3, 0.4) is 0 Å². The Labute approximate surface area is 75.1 Å². The van der Waals surface area contributed by atoms with E-state index in [0.29, 0.717) is 12.5 Å². The van der Waals surface area contributed by atoms with E-state index in [-0.39, 0.29) is 0 Å². The number of hydrogen-bond acceptors (Lipinski definition) is 3. The minimum absolute atomic E-state index is 0.696. The molecule has 0 aromatic heterocycles. The molecule has 0 fully saturated rings. The van der Waals surface area contributed by atoms with Gasteiger partial charge < -0.3 is 9.94 Å². The van der Waals surface area contributed by atoms with Gasteiger partial charge in [0.05, 0.1) is 0 Å². The molecule has 0 bridgehead atoms. The Morgan fingerprint density at radius 3 is 2.67 bits per heavy atom. The molecule has 0 spiro atoms. The molecule has 74 valence electrons. The van der Waals surface area contributed by atoms with Crippen LogP contribution in [0.4, 0.5) is 0 Å². The Kier molecular flexibility index (Phi) is 8.88. The Morgan fingerprint density at radius 2 is 2.08 bits per heavy atom. The van der Waals surface area contributed by atoms with Crippen molar-refractivity contribution in [1.29, 1.82) is 0 Å². The summed E-state index contributed by atoms with van der Waals surface area (Å²) in [6, 6.07) is 0. The van der Waals surface area contributed by atoms with E-state index in [2.05, 4.69) is 12.4 Å². The molecule has 0 amide bonds. The van der Waals surface area contributed by atoms with E-state index in [1.54, 1.807) is 7.11 Å². The van der Waals surface area contributed by atoms with E-state index >= 15 is 0 Å². The third kappa shape index (κ3) is 7.98. The number of rotatable bonds is 8. The lowest BCUT2D eigenvalue weighted by atomic mass is 10.0. The summed E-state index contributed by atoms with van der Waals surface area (Å²) in [4.78, 5) is 0. The van der Waals surface area contributed by atoms with Gasteiger partial charge in [-0.25, -0.2) is 5.48 Å². The Morgan fingerprint density at radius 1 is 1.33 bits per heavy atom. The first-order chi connectivity index (χ1) is 5.81. The highest BCUT2D eigenvalue weighted by Crippen LogP contribution is 2.10. The summed E-state index contributed by atoms with van der Waals surface area (Å²) >= 11 is 0. The van der Waals surface area contributed by atoms with Gasteiger partial charge in [0.1, 0.15) is 0 Å². The fourth-order valence-corrected chi connectivity index (χ4v) is 1.19. The molecule has 2 N–H and O–H groups in total. The molecule has 3 heteroatoms. The van der Waals surface area contributed by atoms with Crippen LogP contribution in [0, 0.1) is 5.92 Å². The summed E-state index contributed by atoms with van der Waals surface area (Å²) < 4.78 is 4.95. The van der Waals surface area contributed by atoms with Crippen LogP contribution < -0.4 is 5.48 Å². The van der Waals surface area contributed by atoms with Gasteiger partial charge in [0.25, 0.3) is 0 Å². The molecule has 0 saturated heterocycles. The van der Waals surface area contributed by atoms with Crippen LogP contribution in [0.5, 0.6) is 0 Å². The number of hydrogen-bond donors (Lipinski definition) is 2. The summed E-state index contributed by atoms with van der Waals surface area (Å²) in [6.07, 6.45) is 4.64. The monoisotopic (exact) mass is 175 g/mol. The average Bonchev–Trinajstić information content (AvgIpc) is 2.09. The number of ether oxygens (including phenoxy) is 1. The normalized spacial score (nSPS) is 13.2. The summed E-state index contributed by atoms with van der Waals surface area (Å²) in [5.41, 5.74) is 2.18. The molecule has 0 heterocycles. The van der Waals surface area contributed by atoms with Crippen LogP contribution in [0.2, 0.25) is 0 Å². The molecule has 0 radical (unpaired) electrons. The predicted molar refractivity (Wildman–Crippen MR) is 49.3 cm³/mol. The van der Waals surface area contributed by atoms with Crippen LogP contribution in [0.25, 0.3) is 0 Å². The van der Waals surface area contributed by atoms with Gasteiger partial charge in [0, 0.05) is 20.3 Å². The van der Waals surface area contributed by atoms with Gasteiger partial charge in [0.2, 0.25) is 0 Å². The zero-order valence-corrected chi connectivity index (χ0v) is 8.18. The van der Waals surface area contributed by atoms with Gasteiger partial charge in [-0.2, -0.15) is 0 Å². The van der Waals surface area contributed by atoms with Crippen LogP contribution in [-0.4, -0.2) is 25.5 Å². The number of hydroxylamine groups is 1. The zero-order valence-electron chi connectivity index (χ0n) is 8.18. The van der Waals surface area contributed by atoms with Crippen LogP contribution in [0.1, 0.15) is 32.6 Å². The molecule has 0 aliphatic rings. The fraction of sp³-hybridized carbons (Fsp3) is 1.00. The van der Waals surface area contributed by atoms with E-state index in [4.69, 9.17) is 9.94 Å². The third-order valence-corrected chi connectivity index (χ3v) is 2.04. The highest BCUT2D eigenvalue weighted by molar-refractivity contribution is 4.53. The molecule has 0 aromatic rings. The van der Waals surface area contributed by atoms with Gasteiger partial charge in [0.15, 0.2) is 0 Å². The summed E-state index contributed by atoms with van der Waals surface area (Å²) in [5.74, 6) is 0.696. The summed E-state index contributed by atoms with van der Waals surface area (Å²) in [5, 5.41) is 8.35. The van der Waals surface area contributed by atoms with Crippen molar-refractivity contribution in [1.82, 2.24) is 5.48 Å². The molecule has 1 atom stereocenters. The van der Waals surface area contributed by atoms with Crippen LogP contribution in [-0.2, 0) is 4.74 Å². The maximum Gasteiger partial charge on any atom is 0.0462 e. The molecule has 1 unspecified atom stereocenters. The summed E-state index contributed by atoms with van der Waals surface area (Å²) in [6.45, 7) is 3.78. The largest absolute Gasteiger partial charge is 0.385 e. The van der Waals surface area contributed by atoms with Crippen molar-refractivity contribution in [2.45, 2.75) is 32.6 Å². The van der Waals surface area contributed by atoms with Gasteiger partial charge in [-0.15, -0.1) is 0 Å². The fourth-order valence-electron chi connectivity index (χ4n) is 1.19. The quantitative estimate of drug-likeness (QED) is 0.436. The second kappa shape index (κ2) is 8.97. The SMILES string of the molecule is COCCCCC(C)CCNO. The average molecular weight is 175 g/mol. The summed E-state index contributed by atoms with van der Waals surface area (Å²) in [7, 11) is 1.74. The van der Waals surface area contributed by atoms with Gasteiger partial charge in [-0.3, -0.25) is 0 Å². The van der Waals surface area contributed by atoms with Crippen molar-refractivity contribution >= 4 is 0 Å². The smallest absolute Gasteiger partial charge is 0.0462 e. The molecule has 0 rings (SSSR count). The van der Waals surface area contributed by atoms with Crippen molar-refractivity contribution in [3.63, 3.8) is 0 Å². The Balaban J connectivity index is 3.02. The first-order valence-corrected chi connectivity index (χ1v) is 4.67. The van der Waals surface area contributed by atoms with Crippen molar-refractivity contribution in [2.75, 3.05) is 20.3 Å². The standard InChI is InChI=1S/C9H21NO2/c1-9(6-7-10-11)5-3-4-8-12-2/h9-11H,3-8H2,1-2H3. The lowest BCUT2D eigenvalue weighted by Gasteiger charge is -2.09. The van der Waals surface area contributed by atoms with Gasteiger partial charge >= 0.3 is 0 Å². The minimum atomic E-state index is 0.696. The highest BCUT2D eigenvalue weighted by atomic mass is 16.5. The highest BCUT2D eigenvalue weighted by Gasteiger charge is 2.00. The van der Waals surface area contributed by atoms with E-state index in [9.17, 15) is 0 Å². The van der Waals surface area contributed by atoms with E-state index < -0.39 is 0 Å². The first kappa shape index (κ1) is 11.9. The third-order valence-electron chi connectivity index (χ3n) is 2.04. The van der Waals surface area contributed by atoms with Crippen molar-refractivity contribution in [3.05, 3.63) is 0 Å². The molecule has 0 aromatic carbocycles. The molecular weight excluding hydrogens is 154 g/mol. The van der Waals surface area contributed by atoms with Crippen molar-refractivity contribution < 1.29 is 9.94 Å². The zero-order chi connectivity index (χ0) is 9.23. The predicted octanol–water partition coefficient (Wildman–Crippen LogP) is 1.81. The van der Waals surface area contributed by atoms with Crippen LogP contribution >= 0.6 is 0 Å². The maximum absolute atomic E-state index is 8.35. The van der Waals surface area contributed by atoms with Crippen LogP contribution in [0.15, 0.2) is 0 Å². The Bertz CT molecular complexity index is 88.6. The minimum Gasteiger partial charge on any atom is -0.385 e. The molecule has 0 aliphatic carbocycles. The number of methoxy groups -OCH3 is 1. The van der Waals surface area contributed by atoms with E-state index in [1.165, 1.54) is 12.8 Å². The molecule has 3 nitrogen and oxygen atoms in total. The van der Waals surface area contributed by atoms with Gasteiger partial charge in [-0.05, 0) is 18.8 Å². The second-order valence-corrected chi connectivity index (χ2v) is 3.29. The van der Waals surface area contributed by atoms with E-state index in [0.717, 1.165) is 19.4 Å².